The molecular weight excluding hydrogens is 281 g/mol. The first kappa shape index (κ1) is 15.5. The van der Waals surface area contributed by atoms with Gasteiger partial charge in [-0.15, -0.1) is 0 Å². The van der Waals surface area contributed by atoms with Gasteiger partial charge in [0.1, 0.15) is 5.82 Å². The summed E-state index contributed by atoms with van der Waals surface area (Å²) in [5.74, 6) is -0.245. The molecule has 1 saturated carbocycles. The Balaban J connectivity index is 1.45. The summed E-state index contributed by atoms with van der Waals surface area (Å²) in [6.45, 7) is 0.617. The second kappa shape index (κ2) is 6.78. The van der Waals surface area contributed by atoms with Crippen LogP contribution in [0.2, 0.25) is 0 Å². The molecule has 4 heteroatoms. The van der Waals surface area contributed by atoms with Crippen molar-refractivity contribution in [2.75, 3.05) is 6.61 Å². The molecule has 0 aromatic heterocycles. The van der Waals surface area contributed by atoms with Gasteiger partial charge in [0, 0.05) is 6.42 Å². The Hall–Kier alpha value is -1.42. The Bertz CT molecular complexity index is 526. The standard InChI is InChI=1S/C18H24FNO2/c19-16-7-3-2-6-14(16)8-9-17(21)20-15-12-18(22-13-15)10-4-1-5-11-18/h2-3,6-7,15H,1,4-5,8-13H2,(H,20,21). The fourth-order valence-corrected chi connectivity index (χ4v) is 3.73. The second-order valence-corrected chi connectivity index (χ2v) is 6.61. The van der Waals surface area contributed by atoms with E-state index in [1.54, 1.807) is 18.2 Å². The molecule has 2 aliphatic rings. The van der Waals surface area contributed by atoms with Crippen molar-refractivity contribution in [2.45, 2.75) is 63.0 Å². The molecule has 3 rings (SSSR count). The molecule has 1 heterocycles. The van der Waals surface area contributed by atoms with Crippen LogP contribution >= 0.6 is 0 Å². The molecule has 1 aliphatic heterocycles. The van der Waals surface area contributed by atoms with Crippen LogP contribution in [0.5, 0.6) is 0 Å². The second-order valence-electron chi connectivity index (χ2n) is 6.61. The van der Waals surface area contributed by atoms with Crippen LogP contribution in [0.25, 0.3) is 0 Å². The van der Waals surface area contributed by atoms with E-state index in [0.29, 0.717) is 25.0 Å². The highest BCUT2D eigenvalue weighted by Gasteiger charge is 2.41. The molecule has 1 atom stereocenters. The van der Waals surface area contributed by atoms with Gasteiger partial charge in [-0.25, -0.2) is 4.39 Å². The van der Waals surface area contributed by atoms with Crippen molar-refractivity contribution in [1.82, 2.24) is 5.32 Å². The van der Waals surface area contributed by atoms with Gasteiger partial charge in [0.05, 0.1) is 18.2 Å². The van der Waals surface area contributed by atoms with Crippen LogP contribution in [-0.2, 0) is 16.0 Å². The van der Waals surface area contributed by atoms with Crippen LogP contribution < -0.4 is 5.32 Å². The lowest BCUT2D eigenvalue weighted by Crippen LogP contribution is -2.37. The van der Waals surface area contributed by atoms with Crippen LogP contribution in [0, 0.1) is 5.82 Å². The van der Waals surface area contributed by atoms with Crippen molar-refractivity contribution < 1.29 is 13.9 Å². The molecule has 0 bridgehead atoms. The molecule has 1 aromatic carbocycles. The summed E-state index contributed by atoms with van der Waals surface area (Å²) in [5.41, 5.74) is 0.617. The molecule has 2 fully saturated rings. The number of aryl methyl sites for hydroxylation is 1. The van der Waals surface area contributed by atoms with Gasteiger partial charge in [0.2, 0.25) is 5.91 Å². The normalized spacial score (nSPS) is 23.6. The summed E-state index contributed by atoms with van der Waals surface area (Å²) < 4.78 is 19.5. The number of nitrogens with one attached hydrogen (secondary N) is 1. The third kappa shape index (κ3) is 3.67. The maximum absolute atomic E-state index is 13.5. The fourth-order valence-electron chi connectivity index (χ4n) is 3.73. The highest BCUT2D eigenvalue weighted by molar-refractivity contribution is 5.76. The van der Waals surface area contributed by atoms with E-state index >= 15 is 0 Å². The van der Waals surface area contributed by atoms with Crippen LogP contribution in [0.3, 0.4) is 0 Å². The van der Waals surface area contributed by atoms with Crippen LogP contribution in [0.4, 0.5) is 4.39 Å². The third-order valence-corrected chi connectivity index (χ3v) is 4.92. The first-order chi connectivity index (χ1) is 10.7. The van der Waals surface area contributed by atoms with Crippen molar-refractivity contribution in [3.63, 3.8) is 0 Å². The Morgan fingerprint density at radius 3 is 2.82 bits per heavy atom. The maximum Gasteiger partial charge on any atom is 0.220 e. The van der Waals surface area contributed by atoms with E-state index < -0.39 is 0 Å². The number of hydrogen-bond acceptors (Lipinski definition) is 2. The number of hydrogen-bond donors (Lipinski definition) is 1. The lowest BCUT2D eigenvalue weighted by Gasteiger charge is -2.32. The van der Waals surface area contributed by atoms with Gasteiger partial charge in [0.25, 0.3) is 0 Å². The van der Waals surface area contributed by atoms with E-state index in [1.807, 2.05) is 0 Å². The Kier molecular flexibility index (Phi) is 4.77. The van der Waals surface area contributed by atoms with E-state index in [9.17, 15) is 9.18 Å². The molecule has 1 aromatic rings. The van der Waals surface area contributed by atoms with E-state index in [1.165, 1.54) is 25.3 Å². The van der Waals surface area contributed by atoms with Gasteiger partial charge in [-0.2, -0.15) is 0 Å². The van der Waals surface area contributed by atoms with E-state index in [-0.39, 0.29) is 23.4 Å². The SMILES string of the molecule is O=C(CCc1ccccc1F)NC1COC2(CCCCC2)C1. The highest BCUT2D eigenvalue weighted by Crippen LogP contribution is 2.39. The first-order valence-corrected chi connectivity index (χ1v) is 8.34. The summed E-state index contributed by atoms with van der Waals surface area (Å²) in [4.78, 5) is 12.1. The smallest absolute Gasteiger partial charge is 0.220 e. The molecule has 1 unspecified atom stereocenters. The van der Waals surface area contributed by atoms with Crippen LogP contribution in [0.1, 0.15) is 50.5 Å². The minimum Gasteiger partial charge on any atom is -0.373 e. The molecule has 120 valence electrons. The zero-order valence-electron chi connectivity index (χ0n) is 12.9. The maximum atomic E-state index is 13.5. The zero-order chi connectivity index (χ0) is 15.4. The number of ether oxygens (including phenoxy) is 1. The molecule has 1 amide bonds. The quantitative estimate of drug-likeness (QED) is 0.926. The van der Waals surface area contributed by atoms with Gasteiger partial charge in [-0.1, -0.05) is 37.5 Å². The molecule has 1 N–H and O–H groups in total. The Morgan fingerprint density at radius 1 is 1.27 bits per heavy atom. The van der Waals surface area contributed by atoms with Gasteiger partial charge >= 0.3 is 0 Å². The molecule has 3 nitrogen and oxygen atoms in total. The molecule has 22 heavy (non-hydrogen) atoms. The predicted octanol–water partition coefficient (Wildman–Crippen LogP) is 3.37. The summed E-state index contributed by atoms with van der Waals surface area (Å²) in [5, 5.41) is 3.05. The van der Waals surface area contributed by atoms with Crippen molar-refractivity contribution in [2.24, 2.45) is 0 Å². The average Bonchev–Trinajstić information content (AvgIpc) is 2.89. The van der Waals surface area contributed by atoms with Crippen molar-refractivity contribution in [1.29, 1.82) is 0 Å². The molecular formula is C18H24FNO2. The minimum absolute atomic E-state index is 0.00953. The number of carbonyl (C=O) groups excluding carboxylic acids is 1. The highest BCUT2D eigenvalue weighted by atomic mass is 19.1. The molecule has 0 radical (unpaired) electrons. The van der Waals surface area contributed by atoms with E-state index in [2.05, 4.69) is 5.32 Å². The monoisotopic (exact) mass is 305 g/mol. The number of benzene rings is 1. The number of rotatable bonds is 4. The average molecular weight is 305 g/mol. The van der Waals surface area contributed by atoms with E-state index in [4.69, 9.17) is 4.74 Å². The summed E-state index contributed by atoms with van der Waals surface area (Å²) >= 11 is 0. The largest absolute Gasteiger partial charge is 0.373 e. The van der Waals surface area contributed by atoms with Crippen LogP contribution in [0.15, 0.2) is 24.3 Å². The van der Waals surface area contributed by atoms with Gasteiger partial charge < -0.3 is 10.1 Å². The fraction of sp³-hybridized carbons (Fsp3) is 0.611. The Morgan fingerprint density at radius 2 is 2.05 bits per heavy atom. The van der Waals surface area contributed by atoms with Gasteiger partial charge in [-0.05, 0) is 37.3 Å². The van der Waals surface area contributed by atoms with Crippen LogP contribution in [-0.4, -0.2) is 24.2 Å². The minimum atomic E-state index is -0.236. The molecule has 1 spiro atoms. The number of carbonyl (C=O) groups is 1. The number of halogens is 1. The predicted molar refractivity (Wildman–Crippen MR) is 83.0 cm³/mol. The topological polar surface area (TPSA) is 38.3 Å². The van der Waals surface area contributed by atoms with Gasteiger partial charge in [0.15, 0.2) is 0 Å². The lowest BCUT2D eigenvalue weighted by molar-refractivity contribution is -0.121. The first-order valence-electron chi connectivity index (χ1n) is 8.34. The Labute approximate surface area is 131 Å². The van der Waals surface area contributed by atoms with E-state index in [0.717, 1.165) is 19.3 Å². The molecule has 1 aliphatic carbocycles. The van der Waals surface area contributed by atoms with Crippen molar-refractivity contribution in [3.05, 3.63) is 35.6 Å². The third-order valence-electron chi connectivity index (χ3n) is 4.92. The summed E-state index contributed by atoms with van der Waals surface area (Å²) in [7, 11) is 0. The molecule has 1 saturated heterocycles. The lowest BCUT2D eigenvalue weighted by atomic mass is 9.82. The summed E-state index contributed by atoms with van der Waals surface area (Å²) in [6.07, 6.45) is 7.69. The number of amides is 1. The van der Waals surface area contributed by atoms with Crippen molar-refractivity contribution in [3.8, 4) is 0 Å². The summed E-state index contributed by atoms with van der Waals surface area (Å²) in [6, 6.07) is 6.75. The van der Waals surface area contributed by atoms with Crippen molar-refractivity contribution >= 4 is 5.91 Å². The zero-order valence-corrected chi connectivity index (χ0v) is 12.9. The van der Waals surface area contributed by atoms with Gasteiger partial charge in [-0.3, -0.25) is 4.79 Å².